The molecule has 0 spiro atoms. The first-order valence-corrected chi connectivity index (χ1v) is 5.28. The molecular formula is C8H13NO3S. The van der Waals surface area contributed by atoms with Crippen LogP contribution in [0.4, 0.5) is 0 Å². The molecular weight excluding hydrogens is 190 g/mol. The van der Waals surface area contributed by atoms with E-state index in [1.807, 2.05) is 0 Å². The van der Waals surface area contributed by atoms with Crippen molar-refractivity contribution in [1.29, 1.82) is 0 Å². The first-order valence-electron chi connectivity index (χ1n) is 4.23. The number of nitrogens with one attached hydrogen (secondary N) is 1. The van der Waals surface area contributed by atoms with Crippen LogP contribution in [0.5, 0.6) is 0 Å². The van der Waals surface area contributed by atoms with Gasteiger partial charge in [0.2, 0.25) is 5.91 Å². The van der Waals surface area contributed by atoms with Crippen LogP contribution in [-0.2, 0) is 9.59 Å². The van der Waals surface area contributed by atoms with E-state index in [0.29, 0.717) is 6.04 Å². The van der Waals surface area contributed by atoms with Gasteiger partial charge in [0.25, 0.3) is 0 Å². The standard InChI is InChI=1S/C8H13NO3S/c1-5(13-4-7(10)11)8(12)9-6-2-3-6/h5-6H,2-4H2,1H3,(H,9,12)(H,10,11). The van der Waals surface area contributed by atoms with Crippen LogP contribution in [0.3, 0.4) is 0 Å². The molecule has 1 rings (SSSR count). The van der Waals surface area contributed by atoms with Gasteiger partial charge in [0.1, 0.15) is 0 Å². The van der Waals surface area contributed by atoms with Crippen molar-refractivity contribution in [2.24, 2.45) is 0 Å². The molecule has 0 radical (unpaired) electrons. The molecule has 1 atom stereocenters. The number of hydrogen-bond acceptors (Lipinski definition) is 3. The minimum absolute atomic E-state index is 0.0146. The fraction of sp³-hybridized carbons (Fsp3) is 0.750. The quantitative estimate of drug-likeness (QED) is 0.681. The number of thioether (sulfide) groups is 1. The summed E-state index contributed by atoms with van der Waals surface area (Å²) in [7, 11) is 0. The molecule has 1 aliphatic carbocycles. The maximum Gasteiger partial charge on any atom is 0.313 e. The Morgan fingerprint density at radius 1 is 1.62 bits per heavy atom. The highest BCUT2D eigenvalue weighted by molar-refractivity contribution is 8.01. The third-order valence-electron chi connectivity index (χ3n) is 1.75. The van der Waals surface area contributed by atoms with Crippen LogP contribution in [0.15, 0.2) is 0 Å². The van der Waals surface area contributed by atoms with E-state index >= 15 is 0 Å². The van der Waals surface area contributed by atoms with Crippen molar-refractivity contribution in [1.82, 2.24) is 5.32 Å². The van der Waals surface area contributed by atoms with Gasteiger partial charge >= 0.3 is 5.97 Å². The van der Waals surface area contributed by atoms with E-state index < -0.39 is 5.97 Å². The molecule has 0 heterocycles. The molecule has 4 nitrogen and oxygen atoms in total. The molecule has 13 heavy (non-hydrogen) atoms. The van der Waals surface area contributed by atoms with Crippen molar-refractivity contribution < 1.29 is 14.7 Å². The largest absolute Gasteiger partial charge is 0.481 e. The molecule has 0 aromatic heterocycles. The molecule has 1 unspecified atom stereocenters. The molecule has 1 saturated carbocycles. The molecule has 0 aromatic carbocycles. The van der Waals surface area contributed by atoms with Crippen molar-refractivity contribution in [2.75, 3.05) is 5.75 Å². The molecule has 1 aliphatic rings. The first kappa shape index (κ1) is 10.4. The first-order chi connectivity index (χ1) is 6.09. The molecule has 1 fully saturated rings. The number of carboxylic acids is 1. The highest BCUT2D eigenvalue weighted by atomic mass is 32.2. The summed E-state index contributed by atoms with van der Waals surface area (Å²) in [5, 5.41) is 10.9. The molecule has 2 N–H and O–H groups in total. The smallest absolute Gasteiger partial charge is 0.313 e. The maximum absolute atomic E-state index is 11.3. The number of carboxylic acid groups (broad SMARTS) is 1. The second-order valence-electron chi connectivity index (χ2n) is 3.13. The van der Waals surface area contributed by atoms with E-state index in [-0.39, 0.29) is 16.9 Å². The van der Waals surface area contributed by atoms with E-state index in [0.717, 1.165) is 24.6 Å². The van der Waals surface area contributed by atoms with Gasteiger partial charge in [0.05, 0.1) is 11.0 Å². The van der Waals surface area contributed by atoms with Crippen molar-refractivity contribution in [2.45, 2.75) is 31.1 Å². The number of rotatable bonds is 5. The Labute approximate surface area is 81.1 Å². The van der Waals surface area contributed by atoms with Gasteiger partial charge in [-0.25, -0.2) is 0 Å². The van der Waals surface area contributed by atoms with Gasteiger partial charge in [0, 0.05) is 6.04 Å². The normalized spacial score (nSPS) is 17.9. The zero-order chi connectivity index (χ0) is 9.84. The number of carbonyl (C=O) groups excluding carboxylic acids is 1. The zero-order valence-electron chi connectivity index (χ0n) is 7.45. The molecule has 0 saturated heterocycles. The summed E-state index contributed by atoms with van der Waals surface area (Å²) in [6.45, 7) is 1.73. The van der Waals surface area contributed by atoms with E-state index in [2.05, 4.69) is 5.32 Å². The Morgan fingerprint density at radius 2 is 2.23 bits per heavy atom. The van der Waals surface area contributed by atoms with Gasteiger partial charge in [-0.05, 0) is 19.8 Å². The van der Waals surface area contributed by atoms with Gasteiger partial charge in [-0.1, -0.05) is 0 Å². The summed E-state index contributed by atoms with van der Waals surface area (Å²) >= 11 is 1.15. The summed E-state index contributed by atoms with van der Waals surface area (Å²) in [5.74, 6) is -0.941. The van der Waals surface area contributed by atoms with Gasteiger partial charge < -0.3 is 10.4 Å². The molecule has 0 aliphatic heterocycles. The van der Waals surface area contributed by atoms with Crippen LogP contribution >= 0.6 is 11.8 Å². The van der Waals surface area contributed by atoms with Crippen LogP contribution in [0.25, 0.3) is 0 Å². The Bertz CT molecular complexity index is 215. The Hall–Kier alpha value is -0.710. The molecule has 0 bridgehead atoms. The fourth-order valence-electron chi connectivity index (χ4n) is 0.818. The van der Waals surface area contributed by atoms with Gasteiger partial charge in [-0.15, -0.1) is 11.8 Å². The van der Waals surface area contributed by atoms with Gasteiger partial charge in [-0.3, -0.25) is 9.59 Å². The summed E-state index contributed by atoms with van der Waals surface area (Å²) < 4.78 is 0. The lowest BCUT2D eigenvalue weighted by molar-refractivity contribution is -0.133. The Morgan fingerprint density at radius 3 is 2.69 bits per heavy atom. The van der Waals surface area contributed by atoms with Crippen LogP contribution in [0.1, 0.15) is 19.8 Å². The predicted molar refractivity (Wildman–Crippen MR) is 50.7 cm³/mol. The minimum atomic E-state index is -0.879. The van der Waals surface area contributed by atoms with E-state index in [1.54, 1.807) is 6.92 Å². The molecule has 1 amide bonds. The number of carbonyl (C=O) groups is 2. The average molecular weight is 203 g/mol. The SMILES string of the molecule is CC(SCC(=O)O)C(=O)NC1CC1. The van der Waals surface area contributed by atoms with Gasteiger partial charge in [0.15, 0.2) is 0 Å². The summed E-state index contributed by atoms with van der Waals surface area (Å²) in [6, 6.07) is 0.348. The fourth-order valence-corrected chi connectivity index (χ4v) is 1.43. The second kappa shape index (κ2) is 4.50. The maximum atomic E-state index is 11.3. The number of hydrogen-bond donors (Lipinski definition) is 2. The Balaban J connectivity index is 2.16. The summed E-state index contributed by atoms with van der Waals surface area (Å²) in [6.07, 6.45) is 2.12. The summed E-state index contributed by atoms with van der Waals surface area (Å²) in [5.41, 5.74) is 0. The minimum Gasteiger partial charge on any atom is -0.481 e. The lowest BCUT2D eigenvalue weighted by atomic mass is 10.4. The Kier molecular flexibility index (Phi) is 3.59. The molecule has 5 heteroatoms. The van der Waals surface area contributed by atoms with Crippen LogP contribution in [-0.4, -0.2) is 34.0 Å². The average Bonchev–Trinajstić information content (AvgIpc) is 2.83. The lowest BCUT2D eigenvalue weighted by Gasteiger charge is -2.09. The van der Waals surface area contributed by atoms with Crippen LogP contribution < -0.4 is 5.32 Å². The molecule has 0 aromatic rings. The highest BCUT2D eigenvalue weighted by Gasteiger charge is 2.25. The van der Waals surface area contributed by atoms with Crippen molar-refractivity contribution >= 4 is 23.6 Å². The zero-order valence-corrected chi connectivity index (χ0v) is 8.26. The monoisotopic (exact) mass is 203 g/mol. The second-order valence-corrected chi connectivity index (χ2v) is 4.46. The van der Waals surface area contributed by atoms with E-state index in [4.69, 9.17) is 5.11 Å². The topological polar surface area (TPSA) is 66.4 Å². The van der Waals surface area contributed by atoms with E-state index in [1.165, 1.54) is 0 Å². The van der Waals surface area contributed by atoms with Crippen molar-refractivity contribution in [3.05, 3.63) is 0 Å². The third-order valence-corrected chi connectivity index (χ3v) is 2.88. The highest BCUT2D eigenvalue weighted by Crippen LogP contribution is 2.20. The van der Waals surface area contributed by atoms with Crippen molar-refractivity contribution in [3.63, 3.8) is 0 Å². The van der Waals surface area contributed by atoms with Gasteiger partial charge in [-0.2, -0.15) is 0 Å². The van der Waals surface area contributed by atoms with Crippen LogP contribution in [0, 0.1) is 0 Å². The van der Waals surface area contributed by atoms with Crippen LogP contribution in [0.2, 0.25) is 0 Å². The number of aliphatic carboxylic acids is 1. The van der Waals surface area contributed by atoms with E-state index in [9.17, 15) is 9.59 Å². The van der Waals surface area contributed by atoms with Crippen molar-refractivity contribution in [3.8, 4) is 0 Å². The summed E-state index contributed by atoms with van der Waals surface area (Å²) in [4.78, 5) is 21.5. The number of amides is 1. The lowest BCUT2D eigenvalue weighted by Crippen LogP contribution is -2.33. The molecule has 74 valence electrons. The third kappa shape index (κ3) is 4.17. The predicted octanol–water partition coefficient (Wildman–Crippen LogP) is 0.471.